The maximum atomic E-state index is 11.9. The molecule has 0 radical (unpaired) electrons. The van der Waals surface area contributed by atoms with Crippen LogP contribution in [0.4, 0.5) is 0 Å². The van der Waals surface area contributed by atoms with Gasteiger partial charge in [0, 0.05) is 11.8 Å². The summed E-state index contributed by atoms with van der Waals surface area (Å²) in [6.07, 6.45) is 0.117. The molecular weight excluding hydrogens is 314 g/mol. The van der Waals surface area contributed by atoms with Crippen molar-refractivity contribution in [3.63, 3.8) is 0 Å². The van der Waals surface area contributed by atoms with Crippen LogP contribution in [0.2, 0.25) is 0 Å². The molecule has 1 saturated heterocycles. The van der Waals surface area contributed by atoms with E-state index in [0.717, 1.165) is 0 Å². The zero-order chi connectivity index (χ0) is 16.5. The van der Waals surface area contributed by atoms with E-state index in [9.17, 15) is 19.8 Å². The zero-order valence-corrected chi connectivity index (χ0v) is 12.6. The smallest absolute Gasteiger partial charge is 0.352 e. The van der Waals surface area contributed by atoms with E-state index >= 15 is 0 Å². The van der Waals surface area contributed by atoms with E-state index in [1.165, 1.54) is 10.8 Å². The van der Waals surface area contributed by atoms with Gasteiger partial charge in [0.15, 0.2) is 6.10 Å². The molecule has 0 aliphatic carbocycles. The van der Waals surface area contributed by atoms with Gasteiger partial charge in [-0.3, -0.25) is 14.3 Å². The number of nitrogens with two attached hydrogens (primary N) is 1. The van der Waals surface area contributed by atoms with Crippen LogP contribution in [0, 0.1) is 11.6 Å². The Hall–Kier alpha value is -1.59. The molecule has 2 unspecified atom stereocenters. The van der Waals surface area contributed by atoms with Crippen molar-refractivity contribution < 1.29 is 24.5 Å². The Bertz CT molecular complexity index is 682. The number of esters is 1. The molecule has 1 aliphatic rings. The molecule has 0 saturated carbocycles. The van der Waals surface area contributed by atoms with Crippen LogP contribution in [0.25, 0.3) is 0 Å². The van der Waals surface area contributed by atoms with Crippen LogP contribution < -0.4 is 11.4 Å². The van der Waals surface area contributed by atoms with Crippen molar-refractivity contribution in [2.45, 2.75) is 38.1 Å². The summed E-state index contributed by atoms with van der Waals surface area (Å²) in [5.74, 6) is -3.78. The van der Waals surface area contributed by atoms with Crippen molar-refractivity contribution in [3.8, 4) is 0 Å². The number of H-pyrrole nitrogens is 1. The lowest BCUT2D eigenvalue weighted by molar-refractivity contribution is -0.362. The highest BCUT2D eigenvalue weighted by atomic mass is 32.1. The average molecular weight is 331 g/mol. The first-order valence-electron chi connectivity index (χ1n) is 6.58. The molecule has 9 nitrogen and oxygen atoms in total. The molecular formula is C12H17N3O6S. The molecule has 10 heteroatoms. The fraction of sp³-hybridized carbons (Fsp3) is 0.583. The predicted octanol–water partition coefficient (Wildman–Crippen LogP) is -0.968. The van der Waals surface area contributed by atoms with Gasteiger partial charge in [-0.25, -0.2) is 4.79 Å². The Labute approximate surface area is 130 Å². The first-order chi connectivity index (χ1) is 10.2. The number of nitrogens with zero attached hydrogens (tertiary/aromatic N) is 1. The van der Waals surface area contributed by atoms with Crippen LogP contribution in [0.5, 0.6) is 0 Å². The fourth-order valence-electron chi connectivity index (χ4n) is 2.18. The highest BCUT2D eigenvalue weighted by Gasteiger charge is 2.45. The summed E-state index contributed by atoms with van der Waals surface area (Å²) in [5.41, 5.74) is 5.26. The topological polar surface area (TPSA) is 140 Å². The minimum Gasteiger partial charge on any atom is -0.405 e. The number of hydrogen-bond acceptors (Lipinski definition) is 8. The normalized spacial score (nSPS) is 21.8. The van der Waals surface area contributed by atoms with Gasteiger partial charge in [0.05, 0.1) is 6.54 Å². The number of aromatic amines is 1. The molecule has 5 N–H and O–H groups in total. The quantitative estimate of drug-likeness (QED) is 0.314. The van der Waals surface area contributed by atoms with Gasteiger partial charge in [-0.05, 0) is 19.8 Å². The largest absolute Gasteiger partial charge is 0.405 e. The van der Waals surface area contributed by atoms with Gasteiger partial charge in [0.25, 0.3) is 0 Å². The van der Waals surface area contributed by atoms with Crippen molar-refractivity contribution in [3.05, 3.63) is 26.9 Å². The molecule has 2 rings (SSSR count). The third-order valence-electron chi connectivity index (χ3n) is 3.30. The van der Waals surface area contributed by atoms with Crippen LogP contribution in [-0.2, 0) is 14.3 Å². The van der Waals surface area contributed by atoms with Crippen molar-refractivity contribution >= 4 is 18.2 Å². The third kappa shape index (κ3) is 3.42. The second kappa shape index (κ2) is 6.26. The molecule has 0 aromatic carbocycles. The standard InChI is InChI=1S/C12H17N3O6S/c1-6-5-15(11(17)14-10(6)22)8-3-2-7(20-8)12(18,19)21-9(16)4-13/h5,7-8,18-19H,2-4,13H2,1H3,(H,14,17,22). The molecule has 0 spiro atoms. The summed E-state index contributed by atoms with van der Waals surface area (Å²) in [6.45, 7) is 1.24. The highest BCUT2D eigenvalue weighted by Crippen LogP contribution is 2.32. The van der Waals surface area contributed by atoms with Crippen molar-refractivity contribution in [2.24, 2.45) is 5.73 Å². The number of aromatic nitrogens is 2. The van der Waals surface area contributed by atoms with Crippen LogP contribution in [0.15, 0.2) is 11.0 Å². The number of carbonyl (C=O) groups excluding carboxylic acids is 1. The van der Waals surface area contributed by atoms with Gasteiger partial charge in [0.2, 0.25) is 0 Å². The molecule has 1 aliphatic heterocycles. The van der Waals surface area contributed by atoms with Crippen molar-refractivity contribution in [1.29, 1.82) is 0 Å². The Morgan fingerprint density at radius 1 is 1.64 bits per heavy atom. The van der Waals surface area contributed by atoms with Gasteiger partial charge in [-0.2, -0.15) is 0 Å². The van der Waals surface area contributed by atoms with E-state index in [1.807, 2.05) is 0 Å². The maximum Gasteiger partial charge on any atom is 0.352 e. The third-order valence-corrected chi connectivity index (χ3v) is 3.73. The molecule has 0 bridgehead atoms. The van der Waals surface area contributed by atoms with E-state index in [2.05, 4.69) is 9.72 Å². The van der Waals surface area contributed by atoms with E-state index in [-0.39, 0.29) is 6.42 Å². The van der Waals surface area contributed by atoms with E-state index in [4.69, 9.17) is 22.7 Å². The number of nitrogens with one attached hydrogen (secondary N) is 1. The summed E-state index contributed by atoms with van der Waals surface area (Å²) in [5, 5.41) is 19.5. The summed E-state index contributed by atoms with van der Waals surface area (Å²) in [6, 6.07) is 0. The Morgan fingerprint density at radius 3 is 2.95 bits per heavy atom. The predicted molar refractivity (Wildman–Crippen MR) is 76.1 cm³/mol. The maximum absolute atomic E-state index is 11.9. The zero-order valence-electron chi connectivity index (χ0n) is 11.8. The van der Waals surface area contributed by atoms with Gasteiger partial charge >= 0.3 is 17.6 Å². The Morgan fingerprint density at radius 2 is 2.32 bits per heavy atom. The van der Waals surface area contributed by atoms with Crippen LogP contribution in [0.3, 0.4) is 0 Å². The van der Waals surface area contributed by atoms with E-state index < -0.39 is 36.5 Å². The number of aliphatic hydroxyl groups is 2. The lowest BCUT2D eigenvalue weighted by atomic mass is 10.2. The van der Waals surface area contributed by atoms with Crippen LogP contribution in [-0.4, -0.2) is 44.4 Å². The van der Waals surface area contributed by atoms with Crippen molar-refractivity contribution in [1.82, 2.24) is 9.55 Å². The number of ether oxygens (including phenoxy) is 2. The minimum absolute atomic E-state index is 0.177. The highest BCUT2D eigenvalue weighted by molar-refractivity contribution is 7.71. The summed E-state index contributed by atoms with van der Waals surface area (Å²) in [7, 11) is 0. The summed E-state index contributed by atoms with van der Waals surface area (Å²) >= 11 is 4.96. The second-order valence-corrected chi connectivity index (χ2v) is 5.38. The lowest BCUT2D eigenvalue weighted by Crippen LogP contribution is -2.47. The number of rotatable bonds is 4. The molecule has 1 aromatic rings. The first kappa shape index (κ1) is 16.8. The molecule has 2 heterocycles. The molecule has 1 fully saturated rings. The van der Waals surface area contributed by atoms with Crippen LogP contribution >= 0.6 is 12.2 Å². The molecule has 122 valence electrons. The SMILES string of the molecule is Cc1cn(C2CCC(C(O)(O)OC(=O)CN)O2)c(=O)[nH]c1=S. The lowest BCUT2D eigenvalue weighted by Gasteiger charge is -2.27. The van der Waals surface area contributed by atoms with E-state index in [0.29, 0.717) is 16.6 Å². The monoisotopic (exact) mass is 331 g/mol. The van der Waals surface area contributed by atoms with Gasteiger partial charge < -0.3 is 25.4 Å². The fourth-order valence-corrected chi connectivity index (χ4v) is 2.32. The minimum atomic E-state index is -2.80. The first-order valence-corrected chi connectivity index (χ1v) is 6.99. The average Bonchev–Trinajstić information content (AvgIpc) is 2.92. The second-order valence-electron chi connectivity index (χ2n) is 4.97. The summed E-state index contributed by atoms with van der Waals surface area (Å²) in [4.78, 5) is 25.5. The Balaban J connectivity index is 2.16. The number of aryl methyl sites for hydroxylation is 1. The molecule has 0 amide bonds. The van der Waals surface area contributed by atoms with E-state index in [1.54, 1.807) is 6.92 Å². The summed E-state index contributed by atoms with van der Waals surface area (Å²) < 4.78 is 11.5. The van der Waals surface area contributed by atoms with Gasteiger partial charge in [-0.1, -0.05) is 12.2 Å². The van der Waals surface area contributed by atoms with Gasteiger partial charge in [-0.15, -0.1) is 0 Å². The molecule has 1 aromatic heterocycles. The molecule has 2 atom stereocenters. The molecule has 22 heavy (non-hydrogen) atoms. The van der Waals surface area contributed by atoms with Gasteiger partial charge in [0.1, 0.15) is 10.9 Å². The van der Waals surface area contributed by atoms with Crippen molar-refractivity contribution in [2.75, 3.05) is 6.54 Å². The number of carbonyl (C=O) groups is 1. The Kier molecular flexibility index (Phi) is 4.78. The van der Waals surface area contributed by atoms with Crippen LogP contribution in [0.1, 0.15) is 24.6 Å². The number of hydrogen-bond donors (Lipinski definition) is 4.